The molecule has 3 heteroatoms. The van der Waals surface area contributed by atoms with E-state index in [9.17, 15) is 4.79 Å². The molecule has 0 saturated heterocycles. The van der Waals surface area contributed by atoms with Crippen LogP contribution in [0.3, 0.4) is 0 Å². The van der Waals surface area contributed by atoms with Gasteiger partial charge in [-0.25, -0.2) is 0 Å². The van der Waals surface area contributed by atoms with E-state index in [1.165, 1.54) is 5.56 Å². The van der Waals surface area contributed by atoms with Crippen molar-refractivity contribution < 1.29 is 14.6 Å². The Kier molecular flexibility index (Phi) is 3.48. The number of hydrogen-bond donors (Lipinski definition) is 1. The van der Waals surface area contributed by atoms with Crippen molar-refractivity contribution in [2.24, 2.45) is 5.92 Å². The SMILES string of the molecule is CCOC(=O)C1CC1c1ccc(CO)cc1C. The van der Waals surface area contributed by atoms with Gasteiger partial charge < -0.3 is 9.84 Å². The minimum Gasteiger partial charge on any atom is -0.466 e. The molecule has 0 bridgehead atoms. The first-order valence-corrected chi connectivity index (χ1v) is 6.04. The fourth-order valence-electron chi connectivity index (χ4n) is 2.30. The Hall–Kier alpha value is -1.35. The maximum Gasteiger partial charge on any atom is 0.309 e. The molecular formula is C14H18O3. The number of rotatable bonds is 4. The zero-order valence-electron chi connectivity index (χ0n) is 10.3. The number of esters is 1. The highest BCUT2D eigenvalue weighted by molar-refractivity contribution is 5.77. The minimum atomic E-state index is -0.0804. The number of benzene rings is 1. The molecule has 0 aromatic heterocycles. The van der Waals surface area contributed by atoms with E-state index in [4.69, 9.17) is 9.84 Å². The molecule has 17 heavy (non-hydrogen) atoms. The fourth-order valence-corrected chi connectivity index (χ4v) is 2.30. The van der Waals surface area contributed by atoms with E-state index >= 15 is 0 Å². The third-order valence-corrected chi connectivity index (χ3v) is 3.30. The van der Waals surface area contributed by atoms with Gasteiger partial charge in [-0.15, -0.1) is 0 Å². The van der Waals surface area contributed by atoms with Crippen LogP contribution in [0, 0.1) is 12.8 Å². The lowest BCUT2D eigenvalue weighted by atomic mass is 10.0. The van der Waals surface area contributed by atoms with Crippen LogP contribution < -0.4 is 0 Å². The number of carbonyl (C=O) groups is 1. The molecule has 1 saturated carbocycles. The molecule has 0 heterocycles. The number of aliphatic hydroxyl groups excluding tert-OH is 1. The Labute approximate surface area is 101 Å². The molecular weight excluding hydrogens is 216 g/mol. The molecule has 1 fully saturated rings. The van der Waals surface area contributed by atoms with Crippen LogP contribution in [-0.2, 0) is 16.1 Å². The summed E-state index contributed by atoms with van der Waals surface area (Å²) in [5.41, 5.74) is 3.27. The van der Waals surface area contributed by atoms with Gasteiger partial charge in [-0.05, 0) is 42.9 Å². The summed E-state index contributed by atoms with van der Waals surface area (Å²) in [6.45, 7) is 4.36. The Bertz CT molecular complexity index is 425. The van der Waals surface area contributed by atoms with Crippen molar-refractivity contribution in [3.63, 3.8) is 0 Å². The van der Waals surface area contributed by atoms with E-state index < -0.39 is 0 Å². The fraction of sp³-hybridized carbons (Fsp3) is 0.500. The van der Waals surface area contributed by atoms with Gasteiger partial charge in [0.2, 0.25) is 0 Å². The Morgan fingerprint density at radius 3 is 2.88 bits per heavy atom. The van der Waals surface area contributed by atoms with Gasteiger partial charge in [0.25, 0.3) is 0 Å². The second-order valence-electron chi connectivity index (χ2n) is 4.55. The van der Waals surface area contributed by atoms with E-state index in [0.29, 0.717) is 12.5 Å². The van der Waals surface area contributed by atoms with E-state index in [1.54, 1.807) is 0 Å². The van der Waals surface area contributed by atoms with Gasteiger partial charge in [-0.1, -0.05) is 18.2 Å². The van der Waals surface area contributed by atoms with Crippen LogP contribution in [0.15, 0.2) is 18.2 Å². The first-order valence-electron chi connectivity index (χ1n) is 6.04. The maximum atomic E-state index is 11.6. The molecule has 2 rings (SSSR count). The van der Waals surface area contributed by atoms with Gasteiger partial charge in [0.1, 0.15) is 0 Å². The third kappa shape index (κ3) is 2.50. The molecule has 1 aromatic rings. The second-order valence-corrected chi connectivity index (χ2v) is 4.55. The first-order chi connectivity index (χ1) is 8.17. The lowest BCUT2D eigenvalue weighted by Crippen LogP contribution is -2.07. The summed E-state index contributed by atoms with van der Waals surface area (Å²) in [5, 5.41) is 9.04. The minimum absolute atomic E-state index is 0.0358. The molecule has 3 nitrogen and oxygen atoms in total. The molecule has 0 radical (unpaired) electrons. The van der Waals surface area contributed by atoms with E-state index in [-0.39, 0.29) is 18.5 Å². The molecule has 92 valence electrons. The summed E-state index contributed by atoms with van der Waals surface area (Å²) >= 11 is 0. The van der Waals surface area contributed by atoms with Crippen molar-refractivity contribution in [1.29, 1.82) is 0 Å². The zero-order valence-corrected chi connectivity index (χ0v) is 10.3. The molecule has 0 amide bonds. The standard InChI is InChI=1S/C14H18O3/c1-3-17-14(16)13-7-12(13)11-5-4-10(8-15)6-9(11)2/h4-6,12-13,15H,3,7-8H2,1-2H3. The summed E-state index contributed by atoms with van der Waals surface area (Å²) in [4.78, 5) is 11.6. The second kappa shape index (κ2) is 4.88. The summed E-state index contributed by atoms with van der Waals surface area (Å²) in [7, 11) is 0. The zero-order chi connectivity index (χ0) is 12.4. The third-order valence-electron chi connectivity index (χ3n) is 3.30. The van der Waals surface area contributed by atoms with E-state index in [2.05, 4.69) is 0 Å². The Morgan fingerprint density at radius 2 is 2.29 bits per heavy atom. The normalized spacial score (nSPS) is 22.3. The monoisotopic (exact) mass is 234 g/mol. The number of aryl methyl sites for hydroxylation is 1. The quantitative estimate of drug-likeness (QED) is 0.812. The van der Waals surface area contributed by atoms with Crippen molar-refractivity contribution in [3.05, 3.63) is 34.9 Å². The summed E-state index contributed by atoms with van der Waals surface area (Å²) < 4.78 is 5.02. The van der Waals surface area contributed by atoms with E-state index in [1.807, 2.05) is 32.0 Å². The number of ether oxygens (including phenoxy) is 1. The van der Waals surface area contributed by atoms with Crippen molar-refractivity contribution in [1.82, 2.24) is 0 Å². The highest BCUT2D eigenvalue weighted by Gasteiger charge is 2.45. The smallest absolute Gasteiger partial charge is 0.309 e. The van der Waals surface area contributed by atoms with Crippen molar-refractivity contribution >= 4 is 5.97 Å². The molecule has 1 N–H and O–H groups in total. The van der Waals surface area contributed by atoms with Crippen molar-refractivity contribution in [2.75, 3.05) is 6.61 Å². The predicted octanol–water partition coefficient (Wildman–Crippen LogP) is 2.15. The lowest BCUT2D eigenvalue weighted by molar-refractivity contribution is -0.144. The number of aliphatic hydroxyl groups is 1. The van der Waals surface area contributed by atoms with Gasteiger partial charge in [-0.2, -0.15) is 0 Å². The molecule has 2 unspecified atom stereocenters. The molecule has 0 aliphatic heterocycles. The van der Waals surface area contributed by atoms with Gasteiger partial charge >= 0.3 is 5.97 Å². The van der Waals surface area contributed by atoms with Crippen LogP contribution in [0.25, 0.3) is 0 Å². The molecule has 0 spiro atoms. The van der Waals surface area contributed by atoms with Gasteiger partial charge in [0.15, 0.2) is 0 Å². The lowest BCUT2D eigenvalue weighted by Gasteiger charge is -2.07. The average Bonchev–Trinajstić information content (AvgIpc) is 3.09. The van der Waals surface area contributed by atoms with Crippen LogP contribution in [0.5, 0.6) is 0 Å². The highest BCUT2D eigenvalue weighted by Crippen LogP contribution is 2.49. The Balaban J connectivity index is 2.08. The average molecular weight is 234 g/mol. The summed E-state index contributed by atoms with van der Waals surface area (Å²) in [6, 6.07) is 5.92. The van der Waals surface area contributed by atoms with Gasteiger partial charge in [0, 0.05) is 0 Å². The van der Waals surface area contributed by atoms with Crippen LogP contribution in [0.4, 0.5) is 0 Å². The first kappa shape index (κ1) is 12.1. The highest BCUT2D eigenvalue weighted by atomic mass is 16.5. The van der Waals surface area contributed by atoms with Crippen molar-refractivity contribution in [3.8, 4) is 0 Å². The molecule has 1 aliphatic rings. The summed E-state index contributed by atoms with van der Waals surface area (Å²) in [5.74, 6) is 0.263. The van der Waals surface area contributed by atoms with Crippen LogP contribution >= 0.6 is 0 Å². The number of hydrogen-bond acceptors (Lipinski definition) is 3. The molecule has 1 aromatic carbocycles. The predicted molar refractivity (Wildman–Crippen MR) is 64.6 cm³/mol. The topological polar surface area (TPSA) is 46.5 Å². The van der Waals surface area contributed by atoms with Gasteiger partial charge in [-0.3, -0.25) is 4.79 Å². The molecule has 2 atom stereocenters. The maximum absolute atomic E-state index is 11.6. The molecule has 1 aliphatic carbocycles. The summed E-state index contributed by atoms with van der Waals surface area (Å²) in [6.07, 6.45) is 0.887. The van der Waals surface area contributed by atoms with Crippen LogP contribution in [0.1, 0.15) is 36.0 Å². The van der Waals surface area contributed by atoms with Crippen LogP contribution in [0.2, 0.25) is 0 Å². The largest absolute Gasteiger partial charge is 0.466 e. The van der Waals surface area contributed by atoms with Crippen LogP contribution in [-0.4, -0.2) is 17.7 Å². The van der Waals surface area contributed by atoms with Crippen molar-refractivity contribution in [2.45, 2.75) is 32.8 Å². The van der Waals surface area contributed by atoms with Gasteiger partial charge in [0.05, 0.1) is 19.1 Å². The Morgan fingerprint density at radius 1 is 1.53 bits per heavy atom. The van der Waals surface area contributed by atoms with E-state index in [0.717, 1.165) is 17.5 Å². The number of carbonyl (C=O) groups excluding carboxylic acids is 1.